The van der Waals surface area contributed by atoms with Crippen LogP contribution in [0.15, 0.2) is 29.2 Å². The van der Waals surface area contributed by atoms with Crippen LogP contribution in [-0.2, 0) is 16.4 Å². The molecule has 3 N–H and O–H groups in total. The molecule has 1 unspecified atom stereocenters. The zero-order valence-electron chi connectivity index (χ0n) is 11.2. The van der Waals surface area contributed by atoms with Crippen LogP contribution in [0.4, 0.5) is 0 Å². The van der Waals surface area contributed by atoms with E-state index >= 15 is 0 Å². The molecule has 102 valence electrons. The lowest BCUT2D eigenvalue weighted by Crippen LogP contribution is -2.24. The second kappa shape index (κ2) is 6.31. The lowest BCUT2D eigenvalue weighted by molar-refractivity contribution is 0.493. The van der Waals surface area contributed by atoms with Crippen LogP contribution in [-0.4, -0.2) is 21.5 Å². The molecule has 0 saturated carbocycles. The van der Waals surface area contributed by atoms with E-state index in [9.17, 15) is 8.42 Å². The van der Waals surface area contributed by atoms with E-state index in [0.29, 0.717) is 5.92 Å². The summed E-state index contributed by atoms with van der Waals surface area (Å²) in [5.74, 6) is 0.573. The summed E-state index contributed by atoms with van der Waals surface area (Å²) in [5.41, 5.74) is 7.09. The molecule has 18 heavy (non-hydrogen) atoms. The van der Waals surface area contributed by atoms with Gasteiger partial charge in [-0.05, 0) is 43.5 Å². The van der Waals surface area contributed by atoms with Crippen LogP contribution in [0.3, 0.4) is 0 Å². The number of nitrogens with one attached hydrogen (secondary N) is 1. The molecule has 5 heteroatoms. The SMILES string of the molecule is CNS(=O)(=O)c1ccc(CC(N)CC(C)C)cc1. The van der Waals surface area contributed by atoms with Gasteiger partial charge in [0.15, 0.2) is 0 Å². The van der Waals surface area contributed by atoms with Gasteiger partial charge in [-0.15, -0.1) is 0 Å². The molecular formula is C13H22N2O2S. The summed E-state index contributed by atoms with van der Waals surface area (Å²) in [6.45, 7) is 4.28. The lowest BCUT2D eigenvalue weighted by Gasteiger charge is -2.14. The minimum absolute atomic E-state index is 0.122. The summed E-state index contributed by atoms with van der Waals surface area (Å²) < 4.78 is 25.4. The molecule has 0 aromatic heterocycles. The fourth-order valence-corrected chi connectivity index (χ4v) is 2.64. The average Bonchev–Trinajstić information content (AvgIpc) is 2.28. The molecule has 0 aliphatic heterocycles. The molecular weight excluding hydrogens is 248 g/mol. The van der Waals surface area contributed by atoms with Crippen LogP contribution in [0.1, 0.15) is 25.8 Å². The van der Waals surface area contributed by atoms with Crippen molar-refractivity contribution in [1.82, 2.24) is 4.72 Å². The Bertz CT molecular complexity index is 466. The Hall–Kier alpha value is -0.910. The van der Waals surface area contributed by atoms with E-state index in [4.69, 9.17) is 5.73 Å². The molecule has 1 atom stereocenters. The Morgan fingerprint density at radius 2 is 1.78 bits per heavy atom. The first-order valence-corrected chi connectivity index (χ1v) is 7.61. The molecule has 1 aromatic rings. The number of hydrogen-bond donors (Lipinski definition) is 2. The standard InChI is InChI=1S/C13H22N2O2S/c1-10(2)8-12(14)9-11-4-6-13(7-5-11)18(16,17)15-3/h4-7,10,12,15H,8-9,14H2,1-3H3. The van der Waals surface area contributed by atoms with Gasteiger partial charge in [-0.2, -0.15) is 0 Å². The van der Waals surface area contributed by atoms with Crippen LogP contribution in [0.2, 0.25) is 0 Å². The fraction of sp³-hybridized carbons (Fsp3) is 0.538. The van der Waals surface area contributed by atoms with Gasteiger partial charge >= 0.3 is 0 Å². The van der Waals surface area contributed by atoms with E-state index < -0.39 is 10.0 Å². The quantitative estimate of drug-likeness (QED) is 0.823. The summed E-state index contributed by atoms with van der Waals surface area (Å²) in [6, 6.07) is 7.00. The highest BCUT2D eigenvalue weighted by atomic mass is 32.2. The zero-order chi connectivity index (χ0) is 13.8. The van der Waals surface area contributed by atoms with Gasteiger partial charge in [0, 0.05) is 6.04 Å². The maximum absolute atomic E-state index is 11.5. The van der Waals surface area contributed by atoms with Crippen molar-refractivity contribution in [1.29, 1.82) is 0 Å². The zero-order valence-corrected chi connectivity index (χ0v) is 12.0. The van der Waals surface area contributed by atoms with Gasteiger partial charge in [0.2, 0.25) is 10.0 Å². The van der Waals surface area contributed by atoms with Crippen molar-refractivity contribution in [2.75, 3.05) is 7.05 Å². The Morgan fingerprint density at radius 3 is 2.22 bits per heavy atom. The number of hydrogen-bond acceptors (Lipinski definition) is 3. The maximum Gasteiger partial charge on any atom is 0.240 e. The lowest BCUT2D eigenvalue weighted by atomic mass is 9.98. The predicted molar refractivity (Wildman–Crippen MR) is 73.8 cm³/mol. The number of nitrogens with two attached hydrogens (primary N) is 1. The number of rotatable bonds is 6. The second-order valence-corrected chi connectivity index (χ2v) is 6.83. The Labute approximate surface area is 110 Å². The minimum Gasteiger partial charge on any atom is -0.327 e. The Balaban J connectivity index is 2.72. The van der Waals surface area contributed by atoms with E-state index in [2.05, 4.69) is 18.6 Å². The second-order valence-electron chi connectivity index (χ2n) is 4.95. The fourth-order valence-electron chi connectivity index (χ4n) is 1.91. The van der Waals surface area contributed by atoms with Gasteiger partial charge in [0.05, 0.1) is 4.90 Å². The average molecular weight is 270 g/mol. The molecule has 0 amide bonds. The van der Waals surface area contributed by atoms with Crippen LogP contribution in [0.25, 0.3) is 0 Å². The highest BCUT2D eigenvalue weighted by molar-refractivity contribution is 7.89. The van der Waals surface area contributed by atoms with Crippen LogP contribution in [0.5, 0.6) is 0 Å². The van der Waals surface area contributed by atoms with E-state index in [1.165, 1.54) is 7.05 Å². The normalized spacial score (nSPS) is 13.8. The molecule has 0 radical (unpaired) electrons. The van der Waals surface area contributed by atoms with Crippen molar-refractivity contribution in [2.24, 2.45) is 11.7 Å². The van der Waals surface area contributed by atoms with Crippen molar-refractivity contribution in [3.8, 4) is 0 Å². The minimum atomic E-state index is -3.34. The molecule has 1 aromatic carbocycles. The molecule has 0 spiro atoms. The summed E-state index contributed by atoms with van der Waals surface area (Å²) in [5, 5.41) is 0. The van der Waals surface area contributed by atoms with Crippen molar-refractivity contribution in [3.05, 3.63) is 29.8 Å². The molecule has 0 aliphatic carbocycles. The van der Waals surface area contributed by atoms with Gasteiger partial charge in [0.25, 0.3) is 0 Å². The highest BCUT2D eigenvalue weighted by Gasteiger charge is 2.11. The number of benzene rings is 1. The van der Waals surface area contributed by atoms with Crippen LogP contribution in [0, 0.1) is 5.92 Å². The van der Waals surface area contributed by atoms with E-state index in [1.807, 2.05) is 12.1 Å². The Morgan fingerprint density at radius 1 is 1.22 bits per heavy atom. The van der Waals surface area contributed by atoms with Gasteiger partial charge < -0.3 is 5.73 Å². The van der Waals surface area contributed by atoms with Gasteiger partial charge in [-0.1, -0.05) is 26.0 Å². The highest BCUT2D eigenvalue weighted by Crippen LogP contribution is 2.13. The monoisotopic (exact) mass is 270 g/mol. The summed E-state index contributed by atoms with van der Waals surface area (Å²) in [7, 11) is -1.94. The molecule has 0 saturated heterocycles. The summed E-state index contributed by atoms with van der Waals surface area (Å²) >= 11 is 0. The van der Waals surface area contributed by atoms with Gasteiger partial charge in [-0.25, -0.2) is 13.1 Å². The predicted octanol–water partition coefficient (Wildman–Crippen LogP) is 1.51. The topological polar surface area (TPSA) is 72.2 Å². The third kappa shape index (κ3) is 4.40. The van der Waals surface area contributed by atoms with Gasteiger partial charge in [-0.3, -0.25) is 0 Å². The Kier molecular flexibility index (Phi) is 5.31. The smallest absolute Gasteiger partial charge is 0.240 e. The van der Waals surface area contributed by atoms with Crippen LogP contribution < -0.4 is 10.5 Å². The van der Waals surface area contributed by atoms with Crippen molar-refractivity contribution < 1.29 is 8.42 Å². The third-order valence-corrected chi connectivity index (χ3v) is 4.20. The van der Waals surface area contributed by atoms with Crippen LogP contribution >= 0.6 is 0 Å². The first kappa shape index (κ1) is 15.1. The van der Waals surface area contributed by atoms with E-state index in [-0.39, 0.29) is 10.9 Å². The molecule has 0 bridgehead atoms. The first-order valence-electron chi connectivity index (χ1n) is 6.13. The summed E-state index contributed by atoms with van der Waals surface area (Å²) in [6.07, 6.45) is 1.74. The van der Waals surface area contributed by atoms with Crippen molar-refractivity contribution in [2.45, 2.75) is 37.6 Å². The molecule has 0 aliphatic rings. The maximum atomic E-state index is 11.5. The van der Waals surface area contributed by atoms with E-state index in [1.54, 1.807) is 12.1 Å². The molecule has 1 rings (SSSR count). The summed E-state index contributed by atoms with van der Waals surface area (Å²) in [4.78, 5) is 0.284. The van der Waals surface area contributed by atoms with Gasteiger partial charge in [0.1, 0.15) is 0 Å². The largest absolute Gasteiger partial charge is 0.327 e. The number of sulfonamides is 1. The molecule has 4 nitrogen and oxygen atoms in total. The van der Waals surface area contributed by atoms with E-state index in [0.717, 1.165) is 18.4 Å². The third-order valence-electron chi connectivity index (χ3n) is 2.77. The molecule has 0 fully saturated rings. The van der Waals surface area contributed by atoms with Crippen molar-refractivity contribution >= 4 is 10.0 Å². The first-order chi connectivity index (χ1) is 8.35. The van der Waals surface area contributed by atoms with Crippen molar-refractivity contribution in [3.63, 3.8) is 0 Å². The molecule has 0 heterocycles.